The minimum Gasteiger partial charge on any atom is -0.396 e. The third kappa shape index (κ3) is 6.51. The molecule has 0 aromatic carbocycles. The Morgan fingerprint density at radius 3 is 2.22 bits per heavy atom. The van der Waals surface area contributed by atoms with E-state index in [1.54, 1.807) is 0 Å². The topological polar surface area (TPSA) is 40.5 Å². The molecule has 0 rings (SSSR count). The standard InChI is InChI=1S/C5H12O2S2/c6-2-1-4(7)3-5(8)9/h4-9H,1-3H2. The van der Waals surface area contributed by atoms with E-state index in [9.17, 15) is 0 Å². The lowest BCUT2D eigenvalue weighted by atomic mass is 10.2. The third-order valence-corrected chi connectivity index (χ3v) is 1.37. The van der Waals surface area contributed by atoms with Crippen LogP contribution >= 0.6 is 25.3 Å². The number of hydrogen-bond acceptors (Lipinski definition) is 4. The van der Waals surface area contributed by atoms with Crippen molar-refractivity contribution in [1.29, 1.82) is 0 Å². The monoisotopic (exact) mass is 168 g/mol. The zero-order valence-corrected chi connectivity index (χ0v) is 6.85. The van der Waals surface area contributed by atoms with E-state index >= 15 is 0 Å². The van der Waals surface area contributed by atoms with E-state index in [-0.39, 0.29) is 11.2 Å². The fourth-order valence-electron chi connectivity index (χ4n) is 0.510. The van der Waals surface area contributed by atoms with Crippen LogP contribution in [0.4, 0.5) is 0 Å². The smallest absolute Gasteiger partial charge is 0.0580 e. The van der Waals surface area contributed by atoms with E-state index in [0.717, 1.165) is 0 Å². The van der Waals surface area contributed by atoms with E-state index in [1.165, 1.54) is 0 Å². The SMILES string of the molecule is OCCC(O)CC(S)S. The molecule has 0 saturated heterocycles. The largest absolute Gasteiger partial charge is 0.396 e. The van der Waals surface area contributed by atoms with Crippen molar-refractivity contribution in [3.05, 3.63) is 0 Å². The molecule has 2 N–H and O–H groups in total. The van der Waals surface area contributed by atoms with Crippen molar-refractivity contribution >= 4 is 25.3 Å². The summed E-state index contributed by atoms with van der Waals surface area (Å²) in [6.45, 7) is 0.0233. The maximum atomic E-state index is 8.96. The van der Waals surface area contributed by atoms with E-state index in [4.69, 9.17) is 10.2 Å². The molecule has 0 radical (unpaired) electrons. The molecule has 1 unspecified atom stereocenters. The summed E-state index contributed by atoms with van der Waals surface area (Å²) in [7, 11) is 0. The number of thiol groups is 2. The first-order chi connectivity index (χ1) is 4.16. The molecule has 0 aliphatic heterocycles. The van der Waals surface area contributed by atoms with Crippen LogP contribution in [0.25, 0.3) is 0 Å². The van der Waals surface area contributed by atoms with Gasteiger partial charge in [-0.25, -0.2) is 0 Å². The van der Waals surface area contributed by atoms with Gasteiger partial charge in [-0.15, -0.1) is 0 Å². The Kier molecular flexibility index (Phi) is 5.78. The minimum absolute atomic E-state index is 0.0233. The van der Waals surface area contributed by atoms with E-state index in [2.05, 4.69) is 25.3 Å². The highest BCUT2D eigenvalue weighted by molar-refractivity contribution is 7.99. The minimum atomic E-state index is -0.463. The molecule has 0 aromatic rings. The number of rotatable bonds is 4. The fraction of sp³-hybridized carbons (Fsp3) is 1.00. The van der Waals surface area contributed by atoms with Crippen LogP contribution in [0.2, 0.25) is 0 Å². The molecule has 0 bridgehead atoms. The van der Waals surface area contributed by atoms with Crippen LogP contribution in [0.5, 0.6) is 0 Å². The molecule has 2 nitrogen and oxygen atoms in total. The normalized spacial score (nSPS) is 14.3. The van der Waals surface area contributed by atoms with Crippen molar-refractivity contribution in [2.45, 2.75) is 23.5 Å². The molecule has 9 heavy (non-hydrogen) atoms. The lowest BCUT2D eigenvalue weighted by molar-refractivity contribution is 0.129. The quantitative estimate of drug-likeness (QED) is 0.360. The van der Waals surface area contributed by atoms with E-state index < -0.39 is 6.10 Å². The van der Waals surface area contributed by atoms with Crippen LogP contribution in [0.3, 0.4) is 0 Å². The van der Waals surface area contributed by atoms with Crippen LogP contribution < -0.4 is 0 Å². The molecule has 0 saturated carbocycles. The van der Waals surface area contributed by atoms with Crippen LogP contribution in [-0.2, 0) is 0 Å². The molecular formula is C5H12O2S2. The molecular weight excluding hydrogens is 156 g/mol. The molecule has 0 aromatic heterocycles. The second-order valence-electron chi connectivity index (χ2n) is 1.88. The average Bonchev–Trinajstić information content (AvgIpc) is 1.63. The zero-order valence-electron chi connectivity index (χ0n) is 5.06. The Bertz CT molecular complexity index is 68.0. The van der Waals surface area contributed by atoms with Crippen molar-refractivity contribution in [3.8, 4) is 0 Å². The summed E-state index contributed by atoms with van der Waals surface area (Å²) in [5.74, 6) is 0. The first kappa shape index (κ1) is 9.62. The Labute approximate surface area is 66.1 Å². The van der Waals surface area contributed by atoms with Gasteiger partial charge in [-0.3, -0.25) is 0 Å². The van der Waals surface area contributed by atoms with Gasteiger partial charge in [-0.2, -0.15) is 25.3 Å². The van der Waals surface area contributed by atoms with Crippen molar-refractivity contribution in [2.75, 3.05) is 6.61 Å². The first-order valence-corrected chi connectivity index (χ1v) is 3.85. The molecule has 0 spiro atoms. The third-order valence-electron chi connectivity index (χ3n) is 0.945. The zero-order chi connectivity index (χ0) is 7.28. The summed E-state index contributed by atoms with van der Waals surface area (Å²) < 4.78 is -0.0912. The van der Waals surface area contributed by atoms with Crippen LogP contribution in [-0.4, -0.2) is 27.5 Å². The summed E-state index contributed by atoms with van der Waals surface area (Å²) in [4.78, 5) is 0. The molecule has 0 aliphatic carbocycles. The summed E-state index contributed by atoms with van der Waals surface area (Å²) in [5, 5.41) is 17.3. The molecule has 4 heteroatoms. The van der Waals surface area contributed by atoms with Gasteiger partial charge in [0.1, 0.15) is 0 Å². The number of aliphatic hydroxyl groups excluding tert-OH is 2. The Morgan fingerprint density at radius 2 is 1.89 bits per heavy atom. The highest BCUT2D eigenvalue weighted by Gasteiger charge is 2.05. The van der Waals surface area contributed by atoms with Crippen molar-refractivity contribution < 1.29 is 10.2 Å². The lowest BCUT2D eigenvalue weighted by Crippen LogP contribution is -2.11. The second kappa shape index (κ2) is 5.41. The molecule has 56 valence electrons. The van der Waals surface area contributed by atoms with Gasteiger partial charge in [0, 0.05) is 11.2 Å². The van der Waals surface area contributed by atoms with Gasteiger partial charge in [0.05, 0.1) is 6.10 Å². The van der Waals surface area contributed by atoms with Gasteiger partial charge < -0.3 is 10.2 Å². The van der Waals surface area contributed by atoms with Crippen LogP contribution in [0.15, 0.2) is 0 Å². The molecule has 0 amide bonds. The van der Waals surface area contributed by atoms with Crippen LogP contribution in [0.1, 0.15) is 12.8 Å². The first-order valence-electron chi connectivity index (χ1n) is 2.82. The van der Waals surface area contributed by atoms with Gasteiger partial charge in [0.2, 0.25) is 0 Å². The molecule has 1 atom stereocenters. The average molecular weight is 168 g/mol. The van der Waals surface area contributed by atoms with Gasteiger partial charge in [0.25, 0.3) is 0 Å². The van der Waals surface area contributed by atoms with Crippen molar-refractivity contribution in [1.82, 2.24) is 0 Å². The molecule has 0 heterocycles. The number of hydrogen-bond donors (Lipinski definition) is 4. The second-order valence-corrected chi connectivity index (χ2v) is 3.54. The summed E-state index contributed by atoms with van der Waals surface area (Å²) in [6, 6.07) is 0. The van der Waals surface area contributed by atoms with Gasteiger partial charge in [-0.05, 0) is 12.8 Å². The van der Waals surface area contributed by atoms with Gasteiger partial charge >= 0.3 is 0 Å². The lowest BCUT2D eigenvalue weighted by Gasteiger charge is -2.09. The fourth-order valence-corrected chi connectivity index (χ4v) is 0.997. The maximum absolute atomic E-state index is 8.96. The van der Waals surface area contributed by atoms with E-state index in [1.807, 2.05) is 0 Å². The van der Waals surface area contributed by atoms with Crippen LogP contribution in [0, 0.1) is 0 Å². The highest BCUT2D eigenvalue weighted by Crippen LogP contribution is 2.10. The Balaban J connectivity index is 3.15. The van der Waals surface area contributed by atoms with Crippen molar-refractivity contribution in [2.24, 2.45) is 0 Å². The predicted molar refractivity (Wildman–Crippen MR) is 44.1 cm³/mol. The number of aliphatic hydroxyl groups is 2. The Hall–Kier alpha value is 0.620. The highest BCUT2D eigenvalue weighted by atomic mass is 32.2. The van der Waals surface area contributed by atoms with Crippen molar-refractivity contribution in [3.63, 3.8) is 0 Å². The van der Waals surface area contributed by atoms with Gasteiger partial charge in [-0.1, -0.05) is 0 Å². The summed E-state index contributed by atoms with van der Waals surface area (Å²) in [5.41, 5.74) is 0. The molecule has 0 fully saturated rings. The predicted octanol–water partition coefficient (Wildman–Crippen LogP) is 0.305. The molecule has 0 aliphatic rings. The van der Waals surface area contributed by atoms with E-state index in [0.29, 0.717) is 12.8 Å². The van der Waals surface area contributed by atoms with Gasteiger partial charge in [0.15, 0.2) is 0 Å². The maximum Gasteiger partial charge on any atom is 0.0580 e. The summed E-state index contributed by atoms with van der Waals surface area (Å²) in [6.07, 6.45) is 0.472. The summed E-state index contributed by atoms with van der Waals surface area (Å²) >= 11 is 7.91. The Morgan fingerprint density at radius 1 is 1.33 bits per heavy atom.